The standard InChI is InChI=1S/C19H24FN3O/c1-14(16-7-17(20)10-21-9-16)22-11-18-8-19(24)13-23(18)12-15-5-3-2-4-6-15/h2-7,9-10,14,18-19,22,24H,8,11-13H2,1H3. The van der Waals surface area contributed by atoms with E-state index in [0.29, 0.717) is 6.54 Å². The highest BCUT2D eigenvalue weighted by Crippen LogP contribution is 2.21. The minimum atomic E-state index is -0.317. The minimum absolute atomic E-state index is 0.0181. The lowest BCUT2D eigenvalue weighted by atomic mass is 10.1. The molecule has 1 aromatic heterocycles. The monoisotopic (exact) mass is 329 g/mol. The summed E-state index contributed by atoms with van der Waals surface area (Å²) in [6.45, 7) is 4.28. The summed E-state index contributed by atoms with van der Waals surface area (Å²) < 4.78 is 13.3. The number of aliphatic hydroxyl groups is 1. The Hall–Kier alpha value is -1.82. The molecule has 1 saturated heterocycles. The molecule has 0 saturated carbocycles. The number of nitrogens with one attached hydrogen (secondary N) is 1. The van der Waals surface area contributed by atoms with E-state index in [1.807, 2.05) is 25.1 Å². The van der Waals surface area contributed by atoms with Gasteiger partial charge in [0.1, 0.15) is 5.82 Å². The van der Waals surface area contributed by atoms with E-state index in [1.165, 1.54) is 17.8 Å². The molecule has 0 amide bonds. The Morgan fingerprint density at radius 2 is 2.12 bits per heavy atom. The van der Waals surface area contributed by atoms with Crippen LogP contribution in [0.4, 0.5) is 4.39 Å². The molecule has 2 heterocycles. The number of pyridine rings is 1. The van der Waals surface area contributed by atoms with Crippen LogP contribution in [0.2, 0.25) is 0 Å². The summed E-state index contributed by atoms with van der Waals surface area (Å²) in [6, 6.07) is 12.1. The summed E-state index contributed by atoms with van der Waals surface area (Å²) in [4.78, 5) is 6.21. The van der Waals surface area contributed by atoms with Crippen LogP contribution < -0.4 is 5.32 Å². The molecule has 24 heavy (non-hydrogen) atoms. The van der Waals surface area contributed by atoms with Crippen molar-refractivity contribution in [1.29, 1.82) is 0 Å². The summed E-state index contributed by atoms with van der Waals surface area (Å²) in [6.07, 6.45) is 3.37. The lowest BCUT2D eigenvalue weighted by Crippen LogP contribution is -2.38. The zero-order chi connectivity index (χ0) is 16.9. The molecule has 128 valence electrons. The molecule has 3 unspecified atom stereocenters. The van der Waals surface area contributed by atoms with Crippen LogP contribution in [0.15, 0.2) is 48.8 Å². The molecule has 5 heteroatoms. The van der Waals surface area contributed by atoms with E-state index in [4.69, 9.17) is 0 Å². The number of benzene rings is 1. The maximum Gasteiger partial charge on any atom is 0.141 e. The van der Waals surface area contributed by atoms with Crippen molar-refractivity contribution >= 4 is 0 Å². The molecule has 2 N–H and O–H groups in total. The highest BCUT2D eigenvalue weighted by molar-refractivity contribution is 5.16. The van der Waals surface area contributed by atoms with Crippen LogP contribution in [0.5, 0.6) is 0 Å². The Morgan fingerprint density at radius 3 is 2.88 bits per heavy atom. The van der Waals surface area contributed by atoms with Gasteiger partial charge in [-0.1, -0.05) is 30.3 Å². The third kappa shape index (κ3) is 4.38. The van der Waals surface area contributed by atoms with Gasteiger partial charge in [0.2, 0.25) is 0 Å². The van der Waals surface area contributed by atoms with E-state index >= 15 is 0 Å². The first-order valence-corrected chi connectivity index (χ1v) is 8.41. The van der Waals surface area contributed by atoms with Gasteiger partial charge >= 0.3 is 0 Å². The van der Waals surface area contributed by atoms with E-state index in [-0.39, 0.29) is 24.0 Å². The van der Waals surface area contributed by atoms with Gasteiger partial charge < -0.3 is 10.4 Å². The first-order chi connectivity index (χ1) is 11.6. The smallest absolute Gasteiger partial charge is 0.141 e. The molecule has 1 fully saturated rings. The van der Waals surface area contributed by atoms with Crippen LogP contribution in [-0.2, 0) is 6.54 Å². The predicted molar refractivity (Wildman–Crippen MR) is 91.9 cm³/mol. The summed E-state index contributed by atoms with van der Waals surface area (Å²) in [5, 5.41) is 13.5. The number of rotatable bonds is 6. The van der Waals surface area contributed by atoms with Crippen molar-refractivity contribution in [2.75, 3.05) is 13.1 Å². The highest BCUT2D eigenvalue weighted by atomic mass is 19.1. The Labute approximate surface area is 142 Å². The lowest BCUT2D eigenvalue weighted by molar-refractivity contribution is 0.172. The second-order valence-corrected chi connectivity index (χ2v) is 6.52. The summed E-state index contributed by atoms with van der Waals surface area (Å²) in [5.41, 5.74) is 2.09. The Bertz CT molecular complexity index is 652. The number of aliphatic hydroxyl groups excluding tert-OH is 1. The number of β-amino-alcohol motifs (C(OH)–C–C–N with tert-alkyl or cyclic N) is 1. The van der Waals surface area contributed by atoms with Crippen LogP contribution in [0.1, 0.15) is 30.5 Å². The summed E-state index contributed by atoms with van der Waals surface area (Å²) in [7, 11) is 0. The maximum atomic E-state index is 13.3. The fourth-order valence-electron chi connectivity index (χ4n) is 3.28. The third-order valence-corrected chi connectivity index (χ3v) is 4.62. The van der Waals surface area contributed by atoms with Crippen LogP contribution >= 0.6 is 0 Å². The van der Waals surface area contributed by atoms with Crippen molar-refractivity contribution in [1.82, 2.24) is 15.2 Å². The Balaban J connectivity index is 1.58. The normalized spacial score (nSPS) is 22.6. The average molecular weight is 329 g/mol. The van der Waals surface area contributed by atoms with Crippen molar-refractivity contribution in [3.63, 3.8) is 0 Å². The Kier molecular flexibility index (Phi) is 5.56. The first-order valence-electron chi connectivity index (χ1n) is 8.41. The predicted octanol–water partition coefficient (Wildman–Crippen LogP) is 2.51. The van der Waals surface area contributed by atoms with E-state index < -0.39 is 0 Å². The van der Waals surface area contributed by atoms with Gasteiger partial charge in [-0.3, -0.25) is 9.88 Å². The molecule has 4 nitrogen and oxygen atoms in total. The van der Waals surface area contributed by atoms with E-state index in [1.54, 1.807) is 6.20 Å². The van der Waals surface area contributed by atoms with Crippen molar-refractivity contribution < 1.29 is 9.50 Å². The molecule has 3 rings (SSSR count). The summed E-state index contributed by atoms with van der Waals surface area (Å²) >= 11 is 0. The molecule has 0 aliphatic carbocycles. The van der Waals surface area contributed by atoms with Crippen molar-refractivity contribution in [3.8, 4) is 0 Å². The van der Waals surface area contributed by atoms with Crippen molar-refractivity contribution in [3.05, 3.63) is 65.7 Å². The zero-order valence-electron chi connectivity index (χ0n) is 13.9. The van der Waals surface area contributed by atoms with Gasteiger partial charge in [-0.2, -0.15) is 0 Å². The molecule has 1 aliphatic heterocycles. The molecular formula is C19H24FN3O. The van der Waals surface area contributed by atoms with Gasteiger partial charge in [-0.15, -0.1) is 0 Å². The molecule has 0 bridgehead atoms. The number of hydrogen-bond acceptors (Lipinski definition) is 4. The van der Waals surface area contributed by atoms with Crippen LogP contribution in [0.25, 0.3) is 0 Å². The topological polar surface area (TPSA) is 48.4 Å². The molecule has 1 aliphatic rings. The molecule has 1 aromatic carbocycles. The van der Waals surface area contributed by atoms with Crippen LogP contribution in [0.3, 0.4) is 0 Å². The van der Waals surface area contributed by atoms with Crippen molar-refractivity contribution in [2.45, 2.75) is 38.1 Å². The SMILES string of the molecule is CC(NCC1CC(O)CN1Cc1ccccc1)c1cncc(F)c1. The largest absolute Gasteiger partial charge is 0.392 e. The first kappa shape index (κ1) is 17.0. The zero-order valence-corrected chi connectivity index (χ0v) is 13.9. The molecule has 0 radical (unpaired) electrons. The third-order valence-electron chi connectivity index (χ3n) is 4.62. The molecule has 2 aromatic rings. The Morgan fingerprint density at radius 1 is 1.33 bits per heavy atom. The van der Waals surface area contributed by atoms with Crippen molar-refractivity contribution in [2.24, 2.45) is 0 Å². The van der Waals surface area contributed by atoms with Gasteiger partial charge in [0.25, 0.3) is 0 Å². The fourth-order valence-corrected chi connectivity index (χ4v) is 3.28. The lowest BCUT2D eigenvalue weighted by Gasteiger charge is -2.26. The number of likely N-dealkylation sites (tertiary alicyclic amines) is 1. The van der Waals surface area contributed by atoms with Gasteiger partial charge in [0, 0.05) is 37.9 Å². The number of halogens is 1. The van der Waals surface area contributed by atoms with Crippen LogP contribution in [-0.4, -0.2) is 40.2 Å². The van der Waals surface area contributed by atoms with E-state index in [9.17, 15) is 9.50 Å². The van der Waals surface area contributed by atoms with Gasteiger partial charge in [-0.05, 0) is 30.5 Å². The van der Waals surface area contributed by atoms with Gasteiger partial charge in [0.05, 0.1) is 12.3 Å². The minimum Gasteiger partial charge on any atom is -0.392 e. The second-order valence-electron chi connectivity index (χ2n) is 6.52. The van der Waals surface area contributed by atoms with E-state index in [0.717, 1.165) is 25.1 Å². The van der Waals surface area contributed by atoms with Gasteiger partial charge in [-0.25, -0.2) is 4.39 Å². The maximum absolute atomic E-state index is 13.3. The number of hydrogen-bond donors (Lipinski definition) is 2. The highest BCUT2D eigenvalue weighted by Gasteiger charge is 2.30. The van der Waals surface area contributed by atoms with Crippen LogP contribution in [0, 0.1) is 5.82 Å². The number of aromatic nitrogens is 1. The molecular weight excluding hydrogens is 305 g/mol. The van der Waals surface area contributed by atoms with E-state index in [2.05, 4.69) is 27.3 Å². The van der Waals surface area contributed by atoms with Gasteiger partial charge in [0.15, 0.2) is 0 Å². The number of nitrogens with zero attached hydrogens (tertiary/aromatic N) is 2. The second kappa shape index (κ2) is 7.83. The average Bonchev–Trinajstić information content (AvgIpc) is 2.93. The quantitative estimate of drug-likeness (QED) is 0.855. The molecule has 3 atom stereocenters. The summed E-state index contributed by atoms with van der Waals surface area (Å²) in [5.74, 6) is -0.317. The fraction of sp³-hybridized carbons (Fsp3) is 0.421. The molecule has 0 spiro atoms.